The normalized spacial score (nSPS) is 19.1. The summed E-state index contributed by atoms with van der Waals surface area (Å²) >= 11 is 0. The third-order valence-electron chi connectivity index (χ3n) is 3.98. The summed E-state index contributed by atoms with van der Waals surface area (Å²) in [5.41, 5.74) is 2.71. The molecule has 0 saturated carbocycles. The summed E-state index contributed by atoms with van der Waals surface area (Å²) in [6, 6.07) is 5.74. The maximum Gasteiger partial charge on any atom is 0.227 e. The van der Waals surface area contributed by atoms with E-state index >= 15 is 0 Å². The van der Waals surface area contributed by atoms with E-state index in [1.165, 1.54) is 0 Å². The van der Waals surface area contributed by atoms with Crippen molar-refractivity contribution in [3.63, 3.8) is 0 Å². The number of hydrogen-bond donors (Lipinski definition) is 3. The van der Waals surface area contributed by atoms with Gasteiger partial charge in [0.25, 0.3) is 0 Å². The van der Waals surface area contributed by atoms with Crippen LogP contribution in [0.3, 0.4) is 0 Å². The smallest absolute Gasteiger partial charge is 0.227 e. The summed E-state index contributed by atoms with van der Waals surface area (Å²) in [5, 5.41) is 9.06. The number of fused-ring (bicyclic) bond motifs is 1. The zero-order valence-corrected chi connectivity index (χ0v) is 11.4. The number of carbonyl (C=O) groups is 2. The number of hydrogen-bond acceptors (Lipinski definition) is 3. The van der Waals surface area contributed by atoms with Crippen molar-refractivity contribution < 1.29 is 9.59 Å². The second-order valence-electron chi connectivity index (χ2n) is 5.43. The Morgan fingerprint density at radius 1 is 1.20 bits per heavy atom. The average molecular weight is 273 g/mol. The number of nitrogens with one attached hydrogen (secondary N) is 3. The first kappa shape index (κ1) is 13.1. The summed E-state index contributed by atoms with van der Waals surface area (Å²) in [6.07, 6.45) is 3.07. The van der Waals surface area contributed by atoms with Gasteiger partial charge in [-0.05, 0) is 50.0 Å². The molecular weight excluding hydrogens is 254 g/mol. The van der Waals surface area contributed by atoms with Gasteiger partial charge in [-0.2, -0.15) is 0 Å². The van der Waals surface area contributed by atoms with Crippen molar-refractivity contribution in [2.24, 2.45) is 5.92 Å². The first-order valence-corrected chi connectivity index (χ1v) is 7.17. The van der Waals surface area contributed by atoms with Crippen LogP contribution in [-0.4, -0.2) is 24.9 Å². The van der Waals surface area contributed by atoms with Crippen molar-refractivity contribution in [3.8, 4) is 0 Å². The van der Waals surface area contributed by atoms with E-state index in [1.807, 2.05) is 18.2 Å². The van der Waals surface area contributed by atoms with Gasteiger partial charge in [-0.1, -0.05) is 6.07 Å². The zero-order chi connectivity index (χ0) is 13.9. The lowest BCUT2D eigenvalue weighted by Gasteiger charge is -2.22. The van der Waals surface area contributed by atoms with Crippen molar-refractivity contribution >= 4 is 23.2 Å². The Balaban J connectivity index is 1.69. The molecule has 2 amide bonds. The first-order chi connectivity index (χ1) is 9.72. The van der Waals surface area contributed by atoms with Crippen LogP contribution in [0.15, 0.2) is 18.2 Å². The monoisotopic (exact) mass is 273 g/mol. The van der Waals surface area contributed by atoms with Gasteiger partial charge in [0.15, 0.2) is 0 Å². The van der Waals surface area contributed by atoms with E-state index in [2.05, 4.69) is 16.0 Å². The van der Waals surface area contributed by atoms with Crippen molar-refractivity contribution in [2.45, 2.75) is 25.7 Å². The molecule has 106 valence electrons. The maximum atomic E-state index is 12.2. The Labute approximate surface area is 118 Å². The number of anilines is 2. The number of carbonyl (C=O) groups excluding carboxylic acids is 2. The molecule has 2 heterocycles. The molecule has 0 radical (unpaired) electrons. The number of benzene rings is 1. The Hall–Kier alpha value is -1.88. The molecule has 1 saturated heterocycles. The highest BCUT2D eigenvalue weighted by molar-refractivity contribution is 5.97. The molecule has 0 aromatic heterocycles. The molecule has 5 nitrogen and oxygen atoms in total. The summed E-state index contributed by atoms with van der Waals surface area (Å²) in [7, 11) is 0. The fourth-order valence-electron chi connectivity index (χ4n) is 2.78. The van der Waals surface area contributed by atoms with E-state index in [1.54, 1.807) is 0 Å². The van der Waals surface area contributed by atoms with Crippen LogP contribution in [0.5, 0.6) is 0 Å². The second kappa shape index (κ2) is 5.63. The molecule has 2 aliphatic rings. The van der Waals surface area contributed by atoms with Crippen molar-refractivity contribution in [1.29, 1.82) is 0 Å². The Morgan fingerprint density at radius 2 is 2.00 bits per heavy atom. The van der Waals surface area contributed by atoms with Crippen LogP contribution in [0.25, 0.3) is 0 Å². The topological polar surface area (TPSA) is 70.2 Å². The summed E-state index contributed by atoms with van der Waals surface area (Å²) < 4.78 is 0. The number of piperidine rings is 1. The van der Waals surface area contributed by atoms with Crippen LogP contribution in [0, 0.1) is 5.92 Å². The van der Waals surface area contributed by atoms with Crippen LogP contribution in [0.1, 0.15) is 24.8 Å². The maximum absolute atomic E-state index is 12.2. The molecular formula is C15H19N3O2. The van der Waals surface area contributed by atoms with Gasteiger partial charge >= 0.3 is 0 Å². The zero-order valence-electron chi connectivity index (χ0n) is 11.4. The van der Waals surface area contributed by atoms with Crippen molar-refractivity contribution in [1.82, 2.24) is 5.32 Å². The number of rotatable bonds is 2. The third-order valence-corrected chi connectivity index (χ3v) is 3.98. The molecule has 3 rings (SSSR count). The Kier molecular flexibility index (Phi) is 3.69. The van der Waals surface area contributed by atoms with Gasteiger partial charge < -0.3 is 16.0 Å². The highest BCUT2D eigenvalue weighted by Crippen LogP contribution is 2.26. The Morgan fingerprint density at radius 3 is 2.80 bits per heavy atom. The quantitative estimate of drug-likeness (QED) is 0.765. The summed E-state index contributed by atoms with van der Waals surface area (Å²) in [5.74, 6) is 0.204. The van der Waals surface area contributed by atoms with Gasteiger partial charge in [0.1, 0.15) is 0 Å². The van der Waals surface area contributed by atoms with Crippen LogP contribution in [0.2, 0.25) is 0 Å². The molecule has 0 aliphatic carbocycles. The van der Waals surface area contributed by atoms with E-state index < -0.39 is 0 Å². The molecule has 0 unspecified atom stereocenters. The largest absolute Gasteiger partial charge is 0.326 e. The number of amides is 2. The molecule has 3 N–H and O–H groups in total. The minimum absolute atomic E-state index is 0.0410. The van der Waals surface area contributed by atoms with E-state index in [4.69, 9.17) is 0 Å². The van der Waals surface area contributed by atoms with E-state index in [0.29, 0.717) is 6.42 Å². The van der Waals surface area contributed by atoms with E-state index in [9.17, 15) is 9.59 Å². The Bertz CT molecular complexity index is 536. The minimum Gasteiger partial charge on any atom is -0.326 e. The highest BCUT2D eigenvalue weighted by atomic mass is 16.2. The van der Waals surface area contributed by atoms with E-state index in [0.717, 1.165) is 49.3 Å². The fourth-order valence-corrected chi connectivity index (χ4v) is 2.78. The molecule has 0 atom stereocenters. The minimum atomic E-state index is 0.0410. The summed E-state index contributed by atoms with van der Waals surface area (Å²) in [6.45, 7) is 1.80. The van der Waals surface area contributed by atoms with Crippen molar-refractivity contribution in [3.05, 3.63) is 23.8 Å². The first-order valence-electron chi connectivity index (χ1n) is 7.17. The average Bonchev–Trinajstić information content (AvgIpc) is 2.47. The molecule has 2 aliphatic heterocycles. The van der Waals surface area contributed by atoms with Gasteiger partial charge in [0.05, 0.1) is 0 Å². The van der Waals surface area contributed by atoms with Gasteiger partial charge in [-0.3, -0.25) is 9.59 Å². The van der Waals surface area contributed by atoms with Gasteiger partial charge in [-0.25, -0.2) is 0 Å². The number of aryl methyl sites for hydroxylation is 1. The third kappa shape index (κ3) is 2.82. The lowest BCUT2D eigenvalue weighted by molar-refractivity contribution is -0.120. The van der Waals surface area contributed by atoms with Crippen molar-refractivity contribution in [2.75, 3.05) is 23.7 Å². The van der Waals surface area contributed by atoms with Gasteiger partial charge in [-0.15, -0.1) is 0 Å². The van der Waals surface area contributed by atoms with Crippen LogP contribution in [0.4, 0.5) is 11.4 Å². The molecule has 20 heavy (non-hydrogen) atoms. The summed E-state index contributed by atoms with van der Waals surface area (Å²) in [4.78, 5) is 23.6. The SMILES string of the molecule is O=C1CCc2ccc(NC(=O)C3CCNCC3)cc2N1. The van der Waals surface area contributed by atoms with E-state index in [-0.39, 0.29) is 17.7 Å². The van der Waals surface area contributed by atoms with Crippen LogP contribution < -0.4 is 16.0 Å². The second-order valence-corrected chi connectivity index (χ2v) is 5.43. The molecule has 5 heteroatoms. The highest BCUT2D eigenvalue weighted by Gasteiger charge is 2.21. The van der Waals surface area contributed by atoms with Gasteiger partial charge in [0, 0.05) is 23.7 Å². The molecule has 1 fully saturated rings. The van der Waals surface area contributed by atoms with Crippen LogP contribution in [-0.2, 0) is 16.0 Å². The predicted octanol–water partition coefficient (Wildman–Crippen LogP) is 1.51. The molecule has 0 spiro atoms. The molecule has 0 bridgehead atoms. The fraction of sp³-hybridized carbons (Fsp3) is 0.467. The van der Waals surface area contributed by atoms with Gasteiger partial charge in [0.2, 0.25) is 11.8 Å². The predicted molar refractivity (Wildman–Crippen MR) is 77.6 cm³/mol. The lowest BCUT2D eigenvalue weighted by atomic mass is 9.97. The van der Waals surface area contributed by atoms with Crippen LogP contribution >= 0.6 is 0 Å². The lowest BCUT2D eigenvalue weighted by Crippen LogP contribution is -2.34. The standard InChI is InChI=1S/C15H19N3O2/c19-14-4-2-10-1-3-12(9-13(10)18-14)17-15(20)11-5-7-16-8-6-11/h1,3,9,11,16H,2,4-8H2,(H,17,20)(H,18,19). The molecule has 1 aromatic carbocycles. The molecule has 1 aromatic rings.